The van der Waals surface area contributed by atoms with E-state index in [-0.39, 0.29) is 0 Å². The van der Waals surface area contributed by atoms with Crippen molar-refractivity contribution in [2.24, 2.45) is 5.41 Å². The number of rotatable bonds is 4. The molecule has 0 aliphatic heterocycles. The third-order valence-corrected chi connectivity index (χ3v) is 4.94. The molecule has 0 amide bonds. The van der Waals surface area contributed by atoms with Crippen LogP contribution >= 0.6 is 0 Å². The highest BCUT2D eigenvalue weighted by Gasteiger charge is 2.46. The molecule has 2 aliphatic rings. The Bertz CT molecular complexity index is 190. The Balaban J connectivity index is 1.87. The monoisotopic (exact) mass is 209 g/mol. The molecule has 1 spiro atoms. The zero-order valence-electron chi connectivity index (χ0n) is 10.5. The quantitative estimate of drug-likeness (QED) is 0.741. The fraction of sp³-hybridized carbons (Fsp3) is 1.00. The van der Waals surface area contributed by atoms with E-state index in [1.807, 2.05) is 0 Å². The zero-order valence-corrected chi connectivity index (χ0v) is 10.5. The van der Waals surface area contributed by atoms with E-state index in [0.717, 1.165) is 17.5 Å². The summed E-state index contributed by atoms with van der Waals surface area (Å²) in [5, 5.41) is 3.91. The van der Waals surface area contributed by atoms with E-state index in [0.29, 0.717) is 0 Å². The maximum atomic E-state index is 3.91. The van der Waals surface area contributed by atoms with Crippen LogP contribution in [0.15, 0.2) is 0 Å². The van der Waals surface area contributed by atoms with Crippen LogP contribution in [0.25, 0.3) is 0 Å². The summed E-state index contributed by atoms with van der Waals surface area (Å²) in [6.07, 6.45) is 13.0. The summed E-state index contributed by atoms with van der Waals surface area (Å²) in [6, 6.07) is 1.64. The molecule has 0 aromatic rings. The van der Waals surface area contributed by atoms with Gasteiger partial charge in [-0.15, -0.1) is 0 Å². The highest BCUT2D eigenvalue weighted by Crippen LogP contribution is 2.51. The molecule has 0 aromatic carbocycles. The van der Waals surface area contributed by atoms with Crippen molar-refractivity contribution in [1.29, 1.82) is 0 Å². The second-order valence-corrected chi connectivity index (χ2v) is 5.69. The SMILES string of the molecule is CCC(CC)NC1CCC12CCCCC2. The van der Waals surface area contributed by atoms with Gasteiger partial charge in [0.15, 0.2) is 0 Å². The largest absolute Gasteiger partial charge is 0.311 e. The number of nitrogens with one attached hydrogen (secondary N) is 1. The standard InChI is InChI=1S/C14H27N/c1-3-12(4-2)15-13-8-11-14(13)9-6-5-7-10-14/h12-13,15H,3-11H2,1-2H3. The molecule has 0 aromatic heterocycles. The van der Waals surface area contributed by atoms with Gasteiger partial charge in [-0.2, -0.15) is 0 Å². The summed E-state index contributed by atoms with van der Waals surface area (Å²) < 4.78 is 0. The van der Waals surface area contributed by atoms with E-state index >= 15 is 0 Å². The molecule has 15 heavy (non-hydrogen) atoms. The maximum Gasteiger partial charge on any atom is 0.0126 e. The van der Waals surface area contributed by atoms with Crippen molar-refractivity contribution in [2.45, 2.75) is 83.7 Å². The first-order valence-corrected chi connectivity index (χ1v) is 7.07. The van der Waals surface area contributed by atoms with Crippen molar-refractivity contribution in [3.05, 3.63) is 0 Å². The van der Waals surface area contributed by atoms with Gasteiger partial charge < -0.3 is 5.32 Å². The lowest BCUT2D eigenvalue weighted by Gasteiger charge is -2.53. The number of hydrogen-bond acceptors (Lipinski definition) is 1. The van der Waals surface area contributed by atoms with Gasteiger partial charge in [-0.25, -0.2) is 0 Å². The lowest BCUT2D eigenvalue weighted by Crippen LogP contribution is -2.56. The van der Waals surface area contributed by atoms with Crippen molar-refractivity contribution < 1.29 is 0 Å². The van der Waals surface area contributed by atoms with E-state index in [9.17, 15) is 0 Å². The predicted octanol–water partition coefficient (Wildman–Crippen LogP) is 3.88. The van der Waals surface area contributed by atoms with E-state index < -0.39 is 0 Å². The fourth-order valence-electron chi connectivity index (χ4n) is 3.62. The summed E-state index contributed by atoms with van der Waals surface area (Å²) >= 11 is 0. The number of hydrogen-bond donors (Lipinski definition) is 1. The molecule has 1 N–H and O–H groups in total. The van der Waals surface area contributed by atoms with Gasteiger partial charge in [-0.1, -0.05) is 33.1 Å². The van der Waals surface area contributed by atoms with Crippen LogP contribution in [0.2, 0.25) is 0 Å². The van der Waals surface area contributed by atoms with Crippen LogP contribution in [0.4, 0.5) is 0 Å². The van der Waals surface area contributed by atoms with Crippen LogP contribution in [-0.4, -0.2) is 12.1 Å². The molecule has 88 valence electrons. The third kappa shape index (κ3) is 2.22. The summed E-state index contributed by atoms with van der Waals surface area (Å²) in [5.74, 6) is 0. The van der Waals surface area contributed by atoms with Gasteiger partial charge in [-0.3, -0.25) is 0 Å². The average molecular weight is 209 g/mol. The second kappa shape index (κ2) is 4.86. The van der Waals surface area contributed by atoms with Gasteiger partial charge in [-0.05, 0) is 43.9 Å². The molecule has 1 nitrogen and oxygen atoms in total. The van der Waals surface area contributed by atoms with Gasteiger partial charge in [0.05, 0.1) is 0 Å². The molecule has 1 heteroatoms. The molecule has 0 heterocycles. The normalized spacial score (nSPS) is 29.4. The predicted molar refractivity (Wildman–Crippen MR) is 66.0 cm³/mol. The van der Waals surface area contributed by atoms with Gasteiger partial charge in [0.25, 0.3) is 0 Å². The van der Waals surface area contributed by atoms with Crippen LogP contribution < -0.4 is 5.32 Å². The molecule has 0 bridgehead atoms. The highest BCUT2D eigenvalue weighted by molar-refractivity contribution is 5.02. The molecule has 1 atom stereocenters. The lowest BCUT2D eigenvalue weighted by atomic mass is 9.57. The first kappa shape index (κ1) is 11.4. The molecule has 0 radical (unpaired) electrons. The summed E-state index contributed by atoms with van der Waals surface area (Å²) in [6.45, 7) is 4.63. The minimum absolute atomic E-state index is 0.737. The Morgan fingerprint density at radius 2 is 1.73 bits per heavy atom. The van der Waals surface area contributed by atoms with Gasteiger partial charge in [0, 0.05) is 12.1 Å². The van der Waals surface area contributed by atoms with Crippen molar-refractivity contribution in [3.8, 4) is 0 Å². The lowest BCUT2D eigenvalue weighted by molar-refractivity contribution is 0.0158. The molecule has 2 aliphatic carbocycles. The van der Waals surface area contributed by atoms with Crippen LogP contribution in [0.1, 0.15) is 71.6 Å². The Morgan fingerprint density at radius 1 is 1.07 bits per heavy atom. The van der Waals surface area contributed by atoms with Crippen molar-refractivity contribution in [1.82, 2.24) is 5.32 Å². The van der Waals surface area contributed by atoms with Gasteiger partial charge in [0.1, 0.15) is 0 Å². The van der Waals surface area contributed by atoms with Crippen molar-refractivity contribution in [2.75, 3.05) is 0 Å². The van der Waals surface area contributed by atoms with E-state index in [4.69, 9.17) is 0 Å². The average Bonchev–Trinajstić information content (AvgIpc) is 2.30. The Kier molecular flexibility index (Phi) is 3.71. The molecule has 2 rings (SSSR count). The summed E-state index contributed by atoms with van der Waals surface area (Å²) in [4.78, 5) is 0. The molecule has 2 fully saturated rings. The molecule has 1 unspecified atom stereocenters. The Hall–Kier alpha value is -0.0400. The van der Waals surface area contributed by atoms with Crippen LogP contribution in [0.3, 0.4) is 0 Å². The minimum atomic E-state index is 0.737. The van der Waals surface area contributed by atoms with Crippen molar-refractivity contribution in [3.63, 3.8) is 0 Å². The van der Waals surface area contributed by atoms with Crippen LogP contribution in [-0.2, 0) is 0 Å². The van der Waals surface area contributed by atoms with Crippen LogP contribution in [0, 0.1) is 5.41 Å². The fourth-order valence-corrected chi connectivity index (χ4v) is 3.62. The smallest absolute Gasteiger partial charge is 0.0126 e. The zero-order chi connectivity index (χ0) is 10.7. The first-order chi connectivity index (χ1) is 7.30. The molecular formula is C14H27N. The van der Waals surface area contributed by atoms with Crippen molar-refractivity contribution >= 4 is 0 Å². The first-order valence-electron chi connectivity index (χ1n) is 7.07. The summed E-state index contributed by atoms with van der Waals surface area (Å²) in [5.41, 5.74) is 0.737. The van der Waals surface area contributed by atoms with Gasteiger partial charge >= 0.3 is 0 Å². The third-order valence-electron chi connectivity index (χ3n) is 4.94. The van der Waals surface area contributed by atoms with Crippen LogP contribution in [0.5, 0.6) is 0 Å². The second-order valence-electron chi connectivity index (χ2n) is 5.69. The summed E-state index contributed by atoms with van der Waals surface area (Å²) in [7, 11) is 0. The highest BCUT2D eigenvalue weighted by atomic mass is 15.0. The molecular weight excluding hydrogens is 182 g/mol. The van der Waals surface area contributed by atoms with E-state index in [1.165, 1.54) is 57.8 Å². The Labute approximate surface area is 95.0 Å². The van der Waals surface area contributed by atoms with E-state index in [2.05, 4.69) is 19.2 Å². The van der Waals surface area contributed by atoms with E-state index in [1.54, 1.807) is 0 Å². The minimum Gasteiger partial charge on any atom is -0.311 e. The molecule has 2 saturated carbocycles. The topological polar surface area (TPSA) is 12.0 Å². The molecule has 0 saturated heterocycles. The van der Waals surface area contributed by atoms with Gasteiger partial charge in [0.2, 0.25) is 0 Å². The Morgan fingerprint density at radius 3 is 2.20 bits per heavy atom. The maximum absolute atomic E-state index is 3.91.